The molecule has 0 bridgehead atoms. The number of benzene rings is 1. The highest BCUT2D eigenvalue weighted by Gasteiger charge is 2.32. The lowest BCUT2D eigenvalue weighted by atomic mass is 10.1. The molecule has 1 aliphatic heterocycles. The first-order valence-corrected chi connectivity index (χ1v) is 5.59. The molecule has 92 valence electrons. The van der Waals surface area contributed by atoms with E-state index in [1.54, 1.807) is 24.3 Å². The lowest BCUT2D eigenvalue weighted by Gasteiger charge is -2.14. The van der Waals surface area contributed by atoms with Crippen LogP contribution < -0.4 is 5.73 Å². The van der Waals surface area contributed by atoms with Gasteiger partial charge in [0, 0.05) is 25.1 Å². The second-order valence-corrected chi connectivity index (χ2v) is 4.20. The van der Waals surface area contributed by atoms with Gasteiger partial charge in [0.1, 0.15) is 0 Å². The van der Waals surface area contributed by atoms with E-state index >= 15 is 0 Å². The van der Waals surface area contributed by atoms with E-state index in [1.807, 2.05) is 6.07 Å². The van der Waals surface area contributed by atoms with E-state index in [4.69, 9.17) is 15.7 Å². The van der Waals surface area contributed by atoms with Gasteiger partial charge in [0.15, 0.2) is 0 Å². The smallest absolute Gasteiger partial charge is 0.357 e. The number of hydroxylamine groups is 2. The van der Waals surface area contributed by atoms with Crippen molar-refractivity contribution in [2.45, 2.75) is 6.04 Å². The quantitative estimate of drug-likeness (QED) is 0.773. The third-order valence-electron chi connectivity index (χ3n) is 2.91. The van der Waals surface area contributed by atoms with Gasteiger partial charge in [-0.25, -0.2) is 4.79 Å². The van der Waals surface area contributed by atoms with Gasteiger partial charge in [-0.05, 0) is 12.1 Å². The lowest BCUT2D eigenvalue weighted by molar-refractivity contribution is -0.0965. The van der Waals surface area contributed by atoms with Crippen molar-refractivity contribution in [3.05, 3.63) is 35.9 Å². The molecule has 1 aliphatic rings. The fourth-order valence-electron chi connectivity index (χ4n) is 1.87. The molecule has 0 spiro atoms. The Kier molecular flexibility index (Phi) is 3.73. The van der Waals surface area contributed by atoms with E-state index < -0.39 is 5.97 Å². The molecule has 0 amide bonds. The number of nitrogens with zero attached hydrogens (tertiary/aromatic N) is 1. The maximum absolute atomic E-state index is 11.7. The number of carbonyl (C=O) groups excluding carboxylic acids is 1. The highest BCUT2D eigenvalue weighted by Crippen LogP contribution is 2.16. The summed E-state index contributed by atoms with van der Waals surface area (Å²) in [5.74, 6) is -0.421. The van der Waals surface area contributed by atoms with Crippen LogP contribution in [0.2, 0.25) is 0 Å². The van der Waals surface area contributed by atoms with Crippen LogP contribution in [-0.2, 0) is 4.84 Å². The summed E-state index contributed by atoms with van der Waals surface area (Å²) in [6, 6.07) is 8.64. The lowest BCUT2D eigenvalue weighted by Crippen LogP contribution is -2.31. The van der Waals surface area contributed by atoms with Crippen molar-refractivity contribution in [1.82, 2.24) is 5.06 Å². The highest BCUT2D eigenvalue weighted by molar-refractivity contribution is 5.89. The maximum atomic E-state index is 11.7. The average molecular weight is 236 g/mol. The van der Waals surface area contributed by atoms with Gasteiger partial charge in [-0.2, -0.15) is 0 Å². The molecule has 5 nitrogen and oxygen atoms in total. The normalized spacial score (nSPS) is 24.8. The molecular weight excluding hydrogens is 220 g/mol. The van der Waals surface area contributed by atoms with Crippen LogP contribution in [0, 0.1) is 5.92 Å². The van der Waals surface area contributed by atoms with Gasteiger partial charge in [0.05, 0.1) is 12.1 Å². The van der Waals surface area contributed by atoms with Crippen molar-refractivity contribution in [3.8, 4) is 0 Å². The van der Waals surface area contributed by atoms with Crippen LogP contribution in [0.25, 0.3) is 0 Å². The van der Waals surface area contributed by atoms with Crippen LogP contribution in [0.1, 0.15) is 10.4 Å². The van der Waals surface area contributed by atoms with Crippen molar-refractivity contribution in [1.29, 1.82) is 0 Å². The van der Waals surface area contributed by atoms with Crippen molar-refractivity contribution in [2.24, 2.45) is 11.7 Å². The van der Waals surface area contributed by atoms with Gasteiger partial charge in [-0.3, -0.25) is 0 Å². The Hall–Kier alpha value is -1.43. The number of aliphatic hydroxyl groups is 1. The van der Waals surface area contributed by atoms with E-state index in [-0.39, 0.29) is 18.6 Å². The Balaban J connectivity index is 1.93. The summed E-state index contributed by atoms with van der Waals surface area (Å²) in [5.41, 5.74) is 6.31. The molecule has 5 heteroatoms. The zero-order valence-corrected chi connectivity index (χ0v) is 9.45. The van der Waals surface area contributed by atoms with Gasteiger partial charge in [0.25, 0.3) is 0 Å². The first-order chi connectivity index (χ1) is 8.20. The molecule has 17 heavy (non-hydrogen) atoms. The first-order valence-electron chi connectivity index (χ1n) is 5.59. The summed E-state index contributed by atoms with van der Waals surface area (Å²) in [6.07, 6.45) is 0. The van der Waals surface area contributed by atoms with Crippen LogP contribution in [0.15, 0.2) is 30.3 Å². The third kappa shape index (κ3) is 2.82. The number of aliphatic hydroxyl groups excluding tert-OH is 1. The SMILES string of the molecule is NC1CN(OC(=O)c2ccccc2)CC1CO. The molecule has 0 aliphatic carbocycles. The van der Waals surface area contributed by atoms with E-state index in [0.29, 0.717) is 18.7 Å². The van der Waals surface area contributed by atoms with Crippen LogP contribution >= 0.6 is 0 Å². The molecular formula is C12H16N2O3. The first kappa shape index (κ1) is 12.0. The van der Waals surface area contributed by atoms with Gasteiger partial charge < -0.3 is 15.7 Å². The monoisotopic (exact) mass is 236 g/mol. The summed E-state index contributed by atoms with van der Waals surface area (Å²) < 4.78 is 0. The summed E-state index contributed by atoms with van der Waals surface area (Å²) in [6.45, 7) is 0.959. The summed E-state index contributed by atoms with van der Waals surface area (Å²) in [7, 11) is 0. The van der Waals surface area contributed by atoms with E-state index in [1.165, 1.54) is 5.06 Å². The number of hydrogen-bond donors (Lipinski definition) is 2. The van der Waals surface area contributed by atoms with Gasteiger partial charge in [-0.1, -0.05) is 18.2 Å². The molecule has 2 rings (SSSR count). The van der Waals surface area contributed by atoms with E-state index in [9.17, 15) is 4.79 Å². The number of nitrogens with two attached hydrogens (primary N) is 1. The zero-order chi connectivity index (χ0) is 12.3. The second-order valence-electron chi connectivity index (χ2n) is 4.20. The molecule has 0 aromatic heterocycles. The Morgan fingerprint density at radius 1 is 1.41 bits per heavy atom. The second kappa shape index (κ2) is 5.27. The van der Waals surface area contributed by atoms with Crippen molar-refractivity contribution >= 4 is 5.97 Å². The summed E-state index contributed by atoms with van der Waals surface area (Å²) in [5, 5.41) is 10.6. The fraction of sp³-hybridized carbons (Fsp3) is 0.417. The molecule has 1 aromatic rings. The van der Waals surface area contributed by atoms with Gasteiger partial charge in [0.2, 0.25) is 0 Å². The summed E-state index contributed by atoms with van der Waals surface area (Å²) >= 11 is 0. The maximum Gasteiger partial charge on any atom is 0.357 e. The average Bonchev–Trinajstić information content (AvgIpc) is 2.70. The summed E-state index contributed by atoms with van der Waals surface area (Å²) in [4.78, 5) is 16.9. The molecule has 2 atom stereocenters. The van der Waals surface area contributed by atoms with E-state index in [2.05, 4.69) is 0 Å². The predicted molar refractivity (Wildman–Crippen MR) is 62.0 cm³/mol. The van der Waals surface area contributed by atoms with Gasteiger partial charge in [-0.15, -0.1) is 5.06 Å². The minimum atomic E-state index is -0.392. The molecule has 1 aromatic carbocycles. The van der Waals surface area contributed by atoms with Crippen molar-refractivity contribution < 1.29 is 14.7 Å². The van der Waals surface area contributed by atoms with E-state index in [0.717, 1.165) is 0 Å². The minimum absolute atomic E-state index is 0.0144. The van der Waals surface area contributed by atoms with Crippen molar-refractivity contribution in [2.75, 3.05) is 19.7 Å². The van der Waals surface area contributed by atoms with Crippen LogP contribution in [0.3, 0.4) is 0 Å². The molecule has 1 saturated heterocycles. The number of carbonyl (C=O) groups is 1. The fourth-order valence-corrected chi connectivity index (χ4v) is 1.87. The van der Waals surface area contributed by atoms with Crippen molar-refractivity contribution in [3.63, 3.8) is 0 Å². The molecule has 3 N–H and O–H groups in total. The Morgan fingerprint density at radius 2 is 2.12 bits per heavy atom. The molecule has 0 saturated carbocycles. The Bertz CT molecular complexity index is 383. The Labute approximate surface area is 99.7 Å². The van der Waals surface area contributed by atoms with Crippen LogP contribution in [-0.4, -0.2) is 41.9 Å². The zero-order valence-electron chi connectivity index (χ0n) is 9.45. The largest absolute Gasteiger partial charge is 0.396 e. The molecule has 0 radical (unpaired) electrons. The number of hydrogen-bond acceptors (Lipinski definition) is 5. The highest BCUT2D eigenvalue weighted by atomic mass is 16.7. The third-order valence-corrected chi connectivity index (χ3v) is 2.91. The van der Waals surface area contributed by atoms with Gasteiger partial charge >= 0.3 is 5.97 Å². The topological polar surface area (TPSA) is 75.8 Å². The Morgan fingerprint density at radius 3 is 2.71 bits per heavy atom. The van der Waals surface area contributed by atoms with Crippen LogP contribution in [0.5, 0.6) is 0 Å². The van der Waals surface area contributed by atoms with Crippen LogP contribution in [0.4, 0.5) is 0 Å². The molecule has 2 unspecified atom stereocenters. The standard InChI is InChI=1S/C12H16N2O3/c13-11-7-14(6-10(11)8-15)17-12(16)9-4-2-1-3-5-9/h1-5,10-11,15H,6-8,13H2. The molecule has 1 heterocycles. The number of rotatable bonds is 3. The predicted octanol–water partition coefficient (Wildman–Crippen LogP) is 0.00980. The minimum Gasteiger partial charge on any atom is -0.396 e. The molecule has 1 fully saturated rings.